The summed E-state index contributed by atoms with van der Waals surface area (Å²) < 4.78 is 5.14. The van der Waals surface area contributed by atoms with Crippen LogP contribution >= 0.6 is 0 Å². The average molecular weight is 440 g/mol. The first-order valence-corrected chi connectivity index (χ1v) is 11.5. The fourth-order valence-corrected chi connectivity index (χ4v) is 3.95. The molecular formula is C25H33N3O4. The Kier molecular flexibility index (Phi) is 8.48. The van der Waals surface area contributed by atoms with Crippen LogP contribution in [0.3, 0.4) is 0 Å². The molecule has 1 aliphatic rings. The highest BCUT2D eigenvalue weighted by molar-refractivity contribution is 6.04. The molecule has 1 fully saturated rings. The zero-order chi connectivity index (χ0) is 22.9. The topological polar surface area (TPSA) is 91.7 Å². The SMILES string of the molecule is CCCCCCNC(=O)C1CCCN(C(=O)c2ccc(C)c(NC(=O)c3ccco3)c2)C1. The summed E-state index contributed by atoms with van der Waals surface area (Å²) >= 11 is 0. The second kappa shape index (κ2) is 11.5. The molecule has 1 aromatic carbocycles. The van der Waals surface area contributed by atoms with E-state index in [9.17, 15) is 14.4 Å². The maximum atomic E-state index is 13.1. The first-order chi connectivity index (χ1) is 15.5. The molecule has 0 bridgehead atoms. The number of unbranched alkanes of at least 4 members (excludes halogenated alkanes) is 3. The summed E-state index contributed by atoms with van der Waals surface area (Å²) in [5.74, 6) is -0.423. The zero-order valence-electron chi connectivity index (χ0n) is 19.0. The maximum absolute atomic E-state index is 13.1. The number of rotatable bonds is 9. The molecule has 3 amide bonds. The number of furan rings is 1. The Morgan fingerprint density at radius 3 is 2.75 bits per heavy atom. The summed E-state index contributed by atoms with van der Waals surface area (Å²) in [7, 11) is 0. The highest BCUT2D eigenvalue weighted by atomic mass is 16.3. The predicted octanol–water partition coefficient (Wildman–Crippen LogP) is 4.39. The van der Waals surface area contributed by atoms with Crippen LogP contribution in [0.2, 0.25) is 0 Å². The molecule has 7 nitrogen and oxygen atoms in total. The van der Waals surface area contributed by atoms with Crippen molar-refractivity contribution in [1.29, 1.82) is 0 Å². The van der Waals surface area contributed by atoms with Gasteiger partial charge >= 0.3 is 0 Å². The summed E-state index contributed by atoms with van der Waals surface area (Å²) in [6.45, 7) is 5.77. The number of benzene rings is 1. The third-order valence-electron chi connectivity index (χ3n) is 5.89. The molecule has 1 aromatic heterocycles. The summed E-state index contributed by atoms with van der Waals surface area (Å²) in [6, 6.07) is 8.50. The fraction of sp³-hybridized carbons (Fsp3) is 0.480. The van der Waals surface area contributed by atoms with Crippen LogP contribution in [0.4, 0.5) is 5.69 Å². The van der Waals surface area contributed by atoms with Crippen molar-refractivity contribution < 1.29 is 18.8 Å². The van der Waals surface area contributed by atoms with Gasteiger partial charge in [-0.05, 0) is 56.0 Å². The molecule has 1 unspecified atom stereocenters. The van der Waals surface area contributed by atoms with Crippen LogP contribution in [-0.4, -0.2) is 42.3 Å². The first kappa shape index (κ1) is 23.6. The van der Waals surface area contributed by atoms with Gasteiger partial charge in [0.25, 0.3) is 11.8 Å². The van der Waals surface area contributed by atoms with E-state index in [-0.39, 0.29) is 29.4 Å². The van der Waals surface area contributed by atoms with Gasteiger partial charge in [0.05, 0.1) is 12.2 Å². The van der Waals surface area contributed by atoms with E-state index in [1.807, 2.05) is 13.0 Å². The van der Waals surface area contributed by atoms with Gasteiger partial charge in [-0.25, -0.2) is 0 Å². The van der Waals surface area contributed by atoms with Gasteiger partial charge in [0.2, 0.25) is 5.91 Å². The Morgan fingerprint density at radius 1 is 1.16 bits per heavy atom. The van der Waals surface area contributed by atoms with Crippen molar-refractivity contribution in [3.05, 3.63) is 53.5 Å². The minimum Gasteiger partial charge on any atom is -0.459 e. The predicted molar refractivity (Wildman–Crippen MR) is 124 cm³/mol. The fourth-order valence-electron chi connectivity index (χ4n) is 3.95. The first-order valence-electron chi connectivity index (χ1n) is 11.5. The summed E-state index contributed by atoms with van der Waals surface area (Å²) in [6.07, 6.45) is 7.50. The number of hydrogen-bond acceptors (Lipinski definition) is 4. The maximum Gasteiger partial charge on any atom is 0.291 e. The highest BCUT2D eigenvalue weighted by Gasteiger charge is 2.29. The number of hydrogen-bond donors (Lipinski definition) is 2. The lowest BCUT2D eigenvalue weighted by Crippen LogP contribution is -2.45. The van der Waals surface area contributed by atoms with E-state index < -0.39 is 0 Å². The number of likely N-dealkylation sites (tertiary alicyclic amines) is 1. The monoisotopic (exact) mass is 439 g/mol. The lowest BCUT2D eigenvalue weighted by Gasteiger charge is -2.32. The van der Waals surface area contributed by atoms with Gasteiger partial charge < -0.3 is 20.0 Å². The van der Waals surface area contributed by atoms with Crippen molar-refractivity contribution in [3.8, 4) is 0 Å². The largest absolute Gasteiger partial charge is 0.459 e. The minimum atomic E-state index is -0.364. The molecule has 172 valence electrons. The van der Waals surface area contributed by atoms with E-state index in [1.54, 1.807) is 29.2 Å². The molecule has 0 spiro atoms. The summed E-state index contributed by atoms with van der Waals surface area (Å²) in [5, 5.41) is 5.84. The normalized spacial score (nSPS) is 15.9. The highest BCUT2D eigenvalue weighted by Crippen LogP contribution is 2.23. The molecule has 2 heterocycles. The Labute approximate surface area is 189 Å². The van der Waals surface area contributed by atoms with E-state index in [2.05, 4.69) is 17.6 Å². The Hall–Kier alpha value is -3.09. The second-order valence-corrected chi connectivity index (χ2v) is 8.40. The second-order valence-electron chi connectivity index (χ2n) is 8.40. The number of aryl methyl sites for hydroxylation is 1. The van der Waals surface area contributed by atoms with Crippen LogP contribution in [0, 0.1) is 12.8 Å². The van der Waals surface area contributed by atoms with Gasteiger partial charge in [0.15, 0.2) is 5.76 Å². The lowest BCUT2D eigenvalue weighted by molar-refractivity contribution is -0.126. The number of carbonyl (C=O) groups is 3. The number of carbonyl (C=O) groups excluding carboxylic acids is 3. The van der Waals surface area contributed by atoms with Gasteiger partial charge in [-0.3, -0.25) is 14.4 Å². The molecular weight excluding hydrogens is 406 g/mol. The summed E-state index contributed by atoms with van der Waals surface area (Å²) in [4.78, 5) is 39.8. The Balaban J connectivity index is 1.60. The molecule has 2 aromatic rings. The van der Waals surface area contributed by atoms with Crippen molar-refractivity contribution in [2.24, 2.45) is 5.92 Å². The van der Waals surface area contributed by atoms with Crippen LogP contribution in [0.15, 0.2) is 41.0 Å². The number of nitrogens with one attached hydrogen (secondary N) is 2. The average Bonchev–Trinajstić information content (AvgIpc) is 3.35. The van der Waals surface area contributed by atoms with E-state index in [4.69, 9.17) is 4.42 Å². The zero-order valence-corrected chi connectivity index (χ0v) is 19.0. The molecule has 1 aliphatic heterocycles. The van der Waals surface area contributed by atoms with Gasteiger partial charge in [-0.2, -0.15) is 0 Å². The van der Waals surface area contributed by atoms with Crippen LogP contribution in [-0.2, 0) is 4.79 Å². The molecule has 0 saturated carbocycles. The van der Waals surface area contributed by atoms with E-state index in [0.717, 1.165) is 31.2 Å². The minimum absolute atomic E-state index is 0.0364. The van der Waals surface area contributed by atoms with E-state index >= 15 is 0 Å². The van der Waals surface area contributed by atoms with Gasteiger partial charge in [0.1, 0.15) is 0 Å². The number of anilines is 1. The summed E-state index contributed by atoms with van der Waals surface area (Å²) in [5.41, 5.74) is 1.90. The number of amides is 3. The molecule has 3 rings (SSSR count). The van der Waals surface area contributed by atoms with Gasteiger partial charge in [-0.1, -0.05) is 32.3 Å². The standard InChI is InChI=1S/C25H33N3O4/c1-3-4-5-6-13-26-23(29)20-9-7-14-28(17-20)25(31)19-12-11-18(2)21(16-19)27-24(30)22-10-8-15-32-22/h8,10-12,15-16,20H,3-7,9,13-14,17H2,1-2H3,(H,26,29)(H,27,30). The molecule has 2 N–H and O–H groups in total. The van der Waals surface area contributed by atoms with E-state index in [1.165, 1.54) is 19.1 Å². The quantitative estimate of drug-likeness (QED) is 0.567. The van der Waals surface area contributed by atoms with Crippen LogP contribution in [0.25, 0.3) is 0 Å². The van der Waals surface area contributed by atoms with Crippen molar-refractivity contribution in [1.82, 2.24) is 10.2 Å². The number of piperidine rings is 1. The number of nitrogens with zero attached hydrogens (tertiary/aromatic N) is 1. The van der Waals surface area contributed by atoms with Crippen LogP contribution in [0.1, 0.15) is 71.9 Å². The van der Waals surface area contributed by atoms with Crippen LogP contribution < -0.4 is 10.6 Å². The van der Waals surface area contributed by atoms with Crippen molar-refractivity contribution in [2.45, 2.75) is 52.4 Å². The molecule has 0 radical (unpaired) electrons. The van der Waals surface area contributed by atoms with Crippen molar-refractivity contribution in [2.75, 3.05) is 25.0 Å². The molecule has 1 saturated heterocycles. The lowest BCUT2D eigenvalue weighted by atomic mass is 9.96. The Morgan fingerprint density at radius 2 is 2.00 bits per heavy atom. The smallest absolute Gasteiger partial charge is 0.291 e. The van der Waals surface area contributed by atoms with Crippen LogP contribution in [0.5, 0.6) is 0 Å². The third-order valence-corrected chi connectivity index (χ3v) is 5.89. The Bertz CT molecular complexity index is 923. The van der Waals surface area contributed by atoms with Gasteiger partial charge in [-0.15, -0.1) is 0 Å². The molecule has 0 aliphatic carbocycles. The van der Waals surface area contributed by atoms with Crippen molar-refractivity contribution >= 4 is 23.4 Å². The molecule has 7 heteroatoms. The van der Waals surface area contributed by atoms with Gasteiger partial charge in [0, 0.05) is 30.9 Å². The molecule has 1 atom stereocenters. The third kappa shape index (κ3) is 6.22. The molecule has 32 heavy (non-hydrogen) atoms. The van der Waals surface area contributed by atoms with Crippen molar-refractivity contribution in [3.63, 3.8) is 0 Å². The van der Waals surface area contributed by atoms with E-state index in [0.29, 0.717) is 30.9 Å².